The predicted molar refractivity (Wildman–Crippen MR) is 90.6 cm³/mol. The molecule has 1 fully saturated rings. The lowest BCUT2D eigenvalue weighted by Crippen LogP contribution is -2.51. The third-order valence-corrected chi connectivity index (χ3v) is 4.89. The summed E-state index contributed by atoms with van der Waals surface area (Å²) >= 11 is 1.74. The summed E-state index contributed by atoms with van der Waals surface area (Å²) in [6.07, 6.45) is 1.96. The summed E-state index contributed by atoms with van der Waals surface area (Å²) in [5, 5.41) is 12.9. The van der Waals surface area contributed by atoms with E-state index >= 15 is 0 Å². The van der Waals surface area contributed by atoms with Crippen molar-refractivity contribution in [2.45, 2.75) is 13.5 Å². The Hall–Kier alpha value is -1.73. The number of aromatic nitrogens is 3. The van der Waals surface area contributed by atoms with Crippen molar-refractivity contribution in [1.82, 2.24) is 20.5 Å². The van der Waals surface area contributed by atoms with Gasteiger partial charge in [0.25, 0.3) is 0 Å². The van der Waals surface area contributed by atoms with Gasteiger partial charge >= 0.3 is 0 Å². The zero-order chi connectivity index (χ0) is 15.5. The number of hydrogen-bond acceptors (Lipinski definition) is 7. The highest BCUT2D eigenvalue weighted by Gasteiger charge is 2.27. The molecule has 2 aromatic heterocycles. The molecule has 0 unspecified atom stereocenters. The fourth-order valence-corrected chi connectivity index (χ4v) is 3.23. The van der Waals surface area contributed by atoms with Gasteiger partial charge in [0.05, 0.1) is 5.69 Å². The monoisotopic (exact) mass is 318 g/mol. The molecule has 3 rings (SSSR count). The van der Waals surface area contributed by atoms with Crippen molar-refractivity contribution in [3.63, 3.8) is 0 Å². The Morgan fingerprint density at radius 1 is 1.32 bits per heavy atom. The van der Waals surface area contributed by atoms with E-state index in [0.29, 0.717) is 5.92 Å². The molecule has 1 aliphatic heterocycles. The van der Waals surface area contributed by atoms with Crippen LogP contribution in [0.15, 0.2) is 18.3 Å². The van der Waals surface area contributed by atoms with Gasteiger partial charge in [-0.1, -0.05) is 0 Å². The summed E-state index contributed by atoms with van der Waals surface area (Å²) in [6.45, 7) is 5.99. The number of aryl methyl sites for hydroxylation is 1. The molecule has 7 heteroatoms. The first-order valence-corrected chi connectivity index (χ1v) is 8.31. The van der Waals surface area contributed by atoms with Crippen LogP contribution in [-0.4, -0.2) is 48.9 Å². The molecule has 0 radical (unpaired) electrons. The van der Waals surface area contributed by atoms with Crippen LogP contribution < -0.4 is 15.1 Å². The average molecular weight is 318 g/mol. The second-order valence-corrected chi connectivity index (χ2v) is 7.03. The molecule has 6 nitrogen and oxygen atoms in total. The Bertz CT molecular complexity index is 603. The maximum Gasteiger partial charge on any atom is 0.185 e. The molecule has 1 aliphatic rings. The van der Waals surface area contributed by atoms with Crippen LogP contribution >= 0.6 is 11.3 Å². The number of rotatable bonds is 6. The molecule has 1 N–H and O–H groups in total. The van der Waals surface area contributed by atoms with Crippen molar-refractivity contribution < 1.29 is 0 Å². The molecule has 0 bridgehead atoms. The molecule has 0 aliphatic carbocycles. The van der Waals surface area contributed by atoms with Crippen molar-refractivity contribution in [2.24, 2.45) is 5.92 Å². The van der Waals surface area contributed by atoms with Crippen LogP contribution in [0.1, 0.15) is 10.6 Å². The Morgan fingerprint density at radius 2 is 2.14 bits per heavy atom. The van der Waals surface area contributed by atoms with E-state index in [1.165, 1.54) is 4.88 Å². The fraction of sp³-hybridized carbons (Fsp3) is 0.533. The predicted octanol–water partition coefficient (Wildman–Crippen LogP) is 1.53. The highest BCUT2D eigenvalue weighted by atomic mass is 32.1. The lowest BCUT2D eigenvalue weighted by molar-refractivity contribution is 0.382. The third kappa shape index (κ3) is 3.53. The summed E-state index contributed by atoms with van der Waals surface area (Å²) in [5.74, 6) is 1.67. The Kier molecular flexibility index (Phi) is 4.54. The van der Waals surface area contributed by atoms with Gasteiger partial charge < -0.3 is 15.1 Å². The molecule has 0 aromatic carbocycles. The first-order valence-electron chi connectivity index (χ1n) is 7.50. The first kappa shape index (κ1) is 15.2. The number of nitrogens with zero attached hydrogens (tertiary/aromatic N) is 5. The number of nitrogens with one attached hydrogen (secondary N) is 1. The first-order chi connectivity index (χ1) is 10.6. The van der Waals surface area contributed by atoms with E-state index in [1.54, 1.807) is 11.3 Å². The molecule has 118 valence electrons. The van der Waals surface area contributed by atoms with Gasteiger partial charge in [0.2, 0.25) is 0 Å². The van der Waals surface area contributed by atoms with Crippen LogP contribution in [0.3, 0.4) is 0 Å². The molecule has 0 amide bonds. The van der Waals surface area contributed by atoms with Crippen LogP contribution in [0.2, 0.25) is 0 Å². The molecule has 3 heterocycles. The van der Waals surface area contributed by atoms with Gasteiger partial charge in [-0.2, -0.15) is 5.10 Å². The highest BCUT2D eigenvalue weighted by molar-refractivity contribution is 7.15. The van der Waals surface area contributed by atoms with Gasteiger partial charge in [-0.15, -0.1) is 16.4 Å². The van der Waals surface area contributed by atoms with E-state index in [0.717, 1.165) is 42.8 Å². The molecule has 2 aromatic rings. The van der Waals surface area contributed by atoms with Gasteiger partial charge in [-0.05, 0) is 19.1 Å². The van der Waals surface area contributed by atoms with Crippen molar-refractivity contribution >= 4 is 22.3 Å². The van der Waals surface area contributed by atoms with E-state index in [1.807, 2.05) is 44.2 Å². The molecule has 1 saturated heterocycles. The Labute approximate surface area is 135 Å². The van der Waals surface area contributed by atoms with Crippen molar-refractivity contribution in [1.29, 1.82) is 0 Å². The van der Waals surface area contributed by atoms with Crippen LogP contribution in [0.25, 0.3) is 0 Å². The zero-order valence-electron chi connectivity index (χ0n) is 13.3. The normalized spacial score (nSPS) is 15.0. The minimum atomic E-state index is 0.685. The topological polar surface area (TPSA) is 57.2 Å². The average Bonchev–Trinajstić information content (AvgIpc) is 2.92. The van der Waals surface area contributed by atoms with E-state index in [4.69, 9.17) is 0 Å². The maximum absolute atomic E-state index is 4.39. The van der Waals surface area contributed by atoms with Gasteiger partial charge in [0, 0.05) is 57.3 Å². The minimum absolute atomic E-state index is 0.685. The summed E-state index contributed by atoms with van der Waals surface area (Å²) in [5.41, 5.74) is 0.962. The molecule has 0 saturated carbocycles. The van der Waals surface area contributed by atoms with Crippen LogP contribution in [0.5, 0.6) is 0 Å². The van der Waals surface area contributed by atoms with Crippen LogP contribution in [0, 0.1) is 12.8 Å². The summed E-state index contributed by atoms with van der Waals surface area (Å²) in [6, 6.07) is 4.06. The number of anilines is 2. The molecule has 0 spiro atoms. The lowest BCUT2D eigenvalue weighted by Gasteiger charge is -2.40. The third-order valence-electron chi connectivity index (χ3n) is 3.72. The van der Waals surface area contributed by atoms with Gasteiger partial charge in [0.1, 0.15) is 0 Å². The van der Waals surface area contributed by atoms with E-state index < -0.39 is 0 Å². The highest BCUT2D eigenvalue weighted by Crippen LogP contribution is 2.22. The van der Waals surface area contributed by atoms with Crippen molar-refractivity contribution in [3.8, 4) is 0 Å². The quantitative estimate of drug-likeness (QED) is 0.872. The maximum atomic E-state index is 4.39. The SMILES string of the molecule is Cc1ccc(N2CC(CNCc3cnc(N(C)C)s3)C2)nn1. The minimum Gasteiger partial charge on any atom is -0.354 e. The smallest absolute Gasteiger partial charge is 0.185 e. The van der Waals surface area contributed by atoms with Crippen molar-refractivity contribution in [3.05, 3.63) is 28.9 Å². The van der Waals surface area contributed by atoms with E-state index in [2.05, 4.69) is 25.4 Å². The summed E-state index contributed by atoms with van der Waals surface area (Å²) in [4.78, 5) is 9.98. The zero-order valence-corrected chi connectivity index (χ0v) is 14.1. The van der Waals surface area contributed by atoms with Crippen LogP contribution in [-0.2, 0) is 6.54 Å². The molecular weight excluding hydrogens is 296 g/mol. The second-order valence-electron chi connectivity index (χ2n) is 5.94. The van der Waals surface area contributed by atoms with E-state index in [9.17, 15) is 0 Å². The van der Waals surface area contributed by atoms with E-state index in [-0.39, 0.29) is 0 Å². The second kappa shape index (κ2) is 6.58. The lowest BCUT2D eigenvalue weighted by atomic mass is 10.0. The van der Waals surface area contributed by atoms with Crippen molar-refractivity contribution in [2.75, 3.05) is 43.5 Å². The fourth-order valence-electron chi connectivity index (χ4n) is 2.43. The van der Waals surface area contributed by atoms with Crippen LogP contribution in [0.4, 0.5) is 10.9 Å². The number of thiazole rings is 1. The molecule has 0 atom stereocenters. The Balaban J connectivity index is 1.38. The van der Waals surface area contributed by atoms with Gasteiger partial charge in [0.15, 0.2) is 10.9 Å². The Morgan fingerprint density at radius 3 is 2.77 bits per heavy atom. The summed E-state index contributed by atoms with van der Waals surface area (Å²) in [7, 11) is 4.04. The van der Waals surface area contributed by atoms with Gasteiger partial charge in [-0.3, -0.25) is 0 Å². The largest absolute Gasteiger partial charge is 0.354 e. The molecular formula is C15H22N6S. The van der Waals surface area contributed by atoms with Gasteiger partial charge in [-0.25, -0.2) is 4.98 Å². The molecule has 22 heavy (non-hydrogen) atoms. The standard InChI is InChI=1S/C15H22N6S/c1-11-4-5-14(19-18-11)21-9-12(10-21)6-16-7-13-8-17-15(22-13)20(2)3/h4-5,8,12,16H,6-7,9-10H2,1-3H3. The number of hydrogen-bond donors (Lipinski definition) is 1. The summed E-state index contributed by atoms with van der Waals surface area (Å²) < 4.78 is 0.